The van der Waals surface area contributed by atoms with E-state index < -0.39 is 6.10 Å². The molecular weight excluding hydrogens is 206 g/mol. The van der Waals surface area contributed by atoms with Gasteiger partial charge in [0.05, 0.1) is 6.10 Å². The molecule has 16 heavy (non-hydrogen) atoms. The van der Waals surface area contributed by atoms with Crippen LogP contribution in [-0.2, 0) is 0 Å². The number of aromatic hydroxyl groups is 1. The highest BCUT2D eigenvalue weighted by Crippen LogP contribution is 2.17. The Morgan fingerprint density at radius 2 is 2.12 bits per heavy atom. The van der Waals surface area contributed by atoms with E-state index in [0.717, 1.165) is 0 Å². The first-order valence-corrected chi connectivity index (χ1v) is 5.15. The van der Waals surface area contributed by atoms with Gasteiger partial charge in [0, 0.05) is 19.2 Å². The van der Waals surface area contributed by atoms with E-state index in [2.05, 4.69) is 0 Å². The van der Waals surface area contributed by atoms with Crippen molar-refractivity contribution in [3.8, 4) is 5.75 Å². The number of aliphatic hydroxyl groups is 1. The number of aliphatic hydroxyl groups excluding tert-OH is 1. The number of carbonyl (C=O) groups is 1. The van der Waals surface area contributed by atoms with Crippen LogP contribution in [0, 0.1) is 6.92 Å². The van der Waals surface area contributed by atoms with Gasteiger partial charge in [-0.25, -0.2) is 0 Å². The molecule has 1 amide bonds. The van der Waals surface area contributed by atoms with Crippen LogP contribution in [0.1, 0.15) is 22.8 Å². The second-order valence-corrected chi connectivity index (χ2v) is 4.04. The van der Waals surface area contributed by atoms with Crippen molar-refractivity contribution in [3.63, 3.8) is 0 Å². The molecule has 1 aromatic carbocycles. The Hall–Kier alpha value is -1.55. The topological polar surface area (TPSA) is 60.8 Å². The first-order chi connectivity index (χ1) is 7.41. The maximum absolute atomic E-state index is 11.9. The largest absolute Gasteiger partial charge is 0.508 e. The lowest BCUT2D eigenvalue weighted by Crippen LogP contribution is -2.33. The molecule has 4 heteroatoms. The van der Waals surface area contributed by atoms with Gasteiger partial charge >= 0.3 is 0 Å². The fourth-order valence-corrected chi connectivity index (χ4v) is 1.49. The second kappa shape index (κ2) is 4.99. The van der Waals surface area contributed by atoms with Crippen LogP contribution in [-0.4, -0.2) is 40.7 Å². The van der Waals surface area contributed by atoms with Crippen molar-refractivity contribution >= 4 is 5.91 Å². The lowest BCUT2D eigenvalue weighted by molar-refractivity contribution is 0.0703. The Balaban J connectivity index is 2.84. The van der Waals surface area contributed by atoms with Crippen molar-refractivity contribution in [3.05, 3.63) is 29.3 Å². The van der Waals surface area contributed by atoms with Crippen molar-refractivity contribution in [2.24, 2.45) is 0 Å². The quantitative estimate of drug-likeness (QED) is 0.808. The van der Waals surface area contributed by atoms with E-state index in [1.165, 1.54) is 11.0 Å². The number of amides is 1. The Labute approximate surface area is 95.1 Å². The summed E-state index contributed by atoms with van der Waals surface area (Å²) >= 11 is 0. The number of phenolic OH excluding ortho intramolecular Hbond substituents is 1. The Bertz CT molecular complexity index is 388. The molecule has 0 saturated heterocycles. The molecule has 0 aromatic heterocycles. The summed E-state index contributed by atoms with van der Waals surface area (Å²) in [5.74, 6) is 0.0127. The highest BCUT2D eigenvalue weighted by Gasteiger charge is 2.13. The first kappa shape index (κ1) is 12.5. The number of rotatable bonds is 3. The molecule has 0 aliphatic carbocycles. The van der Waals surface area contributed by atoms with Gasteiger partial charge in [0.1, 0.15) is 5.75 Å². The number of likely N-dealkylation sites (N-methyl/N-ethyl adjacent to an activating group) is 1. The third-order valence-electron chi connectivity index (χ3n) is 2.33. The summed E-state index contributed by atoms with van der Waals surface area (Å²) in [5.41, 5.74) is 1.18. The van der Waals surface area contributed by atoms with Gasteiger partial charge in [-0.15, -0.1) is 0 Å². The summed E-state index contributed by atoms with van der Waals surface area (Å²) in [6.07, 6.45) is -0.549. The van der Waals surface area contributed by atoms with Gasteiger partial charge in [0.25, 0.3) is 5.91 Å². The van der Waals surface area contributed by atoms with Crippen LogP contribution in [0.4, 0.5) is 0 Å². The van der Waals surface area contributed by atoms with Gasteiger partial charge in [0.2, 0.25) is 0 Å². The normalized spacial score (nSPS) is 12.2. The standard InChI is InChI=1S/C12H17NO3/c1-8-6-10(4-5-11(8)15)12(16)13(3)7-9(2)14/h4-6,9,14-15H,7H2,1-3H3. The molecule has 0 heterocycles. The van der Waals surface area contributed by atoms with Crippen LogP contribution >= 0.6 is 0 Å². The fraction of sp³-hybridized carbons (Fsp3) is 0.417. The molecule has 0 spiro atoms. The van der Waals surface area contributed by atoms with Crippen LogP contribution < -0.4 is 0 Å². The van der Waals surface area contributed by atoms with Crippen LogP contribution in [0.15, 0.2) is 18.2 Å². The summed E-state index contributed by atoms with van der Waals surface area (Å²) in [6, 6.07) is 4.71. The first-order valence-electron chi connectivity index (χ1n) is 5.15. The van der Waals surface area contributed by atoms with Crippen molar-refractivity contribution < 1.29 is 15.0 Å². The molecule has 0 aliphatic heterocycles. The monoisotopic (exact) mass is 223 g/mol. The number of hydrogen-bond donors (Lipinski definition) is 2. The minimum Gasteiger partial charge on any atom is -0.508 e. The number of aryl methyl sites for hydroxylation is 1. The third-order valence-corrected chi connectivity index (χ3v) is 2.33. The van der Waals surface area contributed by atoms with E-state index in [0.29, 0.717) is 17.7 Å². The summed E-state index contributed by atoms with van der Waals surface area (Å²) < 4.78 is 0. The van der Waals surface area contributed by atoms with E-state index in [-0.39, 0.29) is 11.7 Å². The van der Waals surface area contributed by atoms with E-state index in [9.17, 15) is 15.0 Å². The van der Waals surface area contributed by atoms with Crippen LogP contribution in [0.2, 0.25) is 0 Å². The zero-order chi connectivity index (χ0) is 12.3. The Kier molecular flexibility index (Phi) is 3.90. The summed E-state index contributed by atoms with van der Waals surface area (Å²) in [7, 11) is 1.64. The van der Waals surface area contributed by atoms with E-state index in [1.54, 1.807) is 33.0 Å². The number of phenols is 1. The smallest absolute Gasteiger partial charge is 0.253 e. The highest BCUT2D eigenvalue weighted by molar-refractivity contribution is 5.94. The molecule has 1 unspecified atom stereocenters. The molecule has 1 aromatic rings. The lowest BCUT2D eigenvalue weighted by atomic mass is 10.1. The summed E-state index contributed by atoms with van der Waals surface area (Å²) in [4.78, 5) is 13.3. The maximum Gasteiger partial charge on any atom is 0.253 e. The van der Waals surface area contributed by atoms with Gasteiger partial charge in [0.15, 0.2) is 0 Å². The molecule has 88 valence electrons. The SMILES string of the molecule is Cc1cc(C(=O)N(C)CC(C)O)ccc1O. The molecule has 0 bridgehead atoms. The number of carbonyl (C=O) groups excluding carboxylic acids is 1. The lowest BCUT2D eigenvalue weighted by Gasteiger charge is -2.19. The molecule has 1 atom stereocenters. The third kappa shape index (κ3) is 2.97. The van der Waals surface area contributed by atoms with Gasteiger partial charge in [-0.2, -0.15) is 0 Å². The van der Waals surface area contributed by atoms with E-state index in [4.69, 9.17) is 0 Å². The van der Waals surface area contributed by atoms with Crippen molar-refractivity contribution in [2.45, 2.75) is 20.0 Å². The Morgan fingerprint density at radius 1 is 1.50 bits per heavy atom. The van der Waals surface area contributed by atoms with Crippen molar-refractivity contribution in [1.82, 2.24) is 4.90 Å². The van der Waals surface area contributed by atoms with Crippen LogP contribution in [0.25, 0.3) is 0 Å². The zero-order valence-corrected chi connectivity index (χ0v) is 9.77. The molecule has 0 fully saturated rings. The molecule has 0 aliphatic rings. The molecular formula is C12H17NO3. The molecule has 0 radical (unpaired) electrons. The molecule has 0 saturated carbocycles. The molecule has 2 N–H and O–H groups in total. The van der Waals surface area contributed by atoms with E-state index >= 15 is 0 Å². The predicted octanol–water partition coefficient (Wildman–Crippen LogP) is 1.15. The van der Waals surface area contributed by atoms with Gasteiger partial charge in [-0.3, -0.25) is 4.79 Å². The number of benzene rings is 1. The van der Waals surface area contributed by atoms with Crippen molar-refractivity contribution in [2.75, 3.05) is 13.6 Å². The minimum absolute atomic E-state index is 0.163. The zero-order valence-electron chi connectivity index (χ0n) is 9.77. The number of nitrogens with zero attached hydrogens (tertiary/aromatic N) is 1. The average molecular weight is 223 g/mol. The van der Waals surface area contributed by atoms with E-state index in [1.807, 2.05) is 0 Å². The highest BCUT2D eigenvalue weighted by atomic mass is 16.3. The van der Waals surface area contributed by atoms with Gasteiger partial charge < -0.3 is 15.1 Å². The number of hydrogen-bond acceptors (Lipinski definition) is 3. The molecule has 4 nitrogen and oxygen atoms in total. The van der Waals surface area contributed by atoms with Gasteiger partial charge in [-0.1, -0.05) is 0 Å². The predicted molar refractivity (Wildman–Crippen MR) is 61.5 cm³/mol. The van der Waals surface area contributed by atoms with Gasteiger partial charge in [-0.05, 0) is 37.6 Å². The van der Waals surface area contributed by atoms with Crippen LogP contribution in [0.3, 0.4) is 0 Å². The Morgan fingerprint density at radius 3 is 2.62 bits per heavy atom. The van der Waals surface area contributed by atoms with Crippen molar-refractivity contribution in [1.29, 1.82) is 0 Å². The average Bonchev–Trinajstić information content (AvgIpc) is 2.20. The molecule has 1 rings (SSSR count). The second-order valence-electron chi connectivity index (χ2n) is 4.04. The summed E-state index contributed by atoms with van der Waals surface area (Å²) in [5, 5.41) is 18.5. The fourth-order valence-electron chi connectivity index (χ4n) is 1.49. The maximum atomic E-state index is 11.9. The van der Waals surface area contributed by atoms with Crippen LogP contribution in [0.5, 0.6) is 5.75 Å². The minimum atomic E-state index is -0.549. The summed E-state index contributed by atoms with van der Waals surface area (Å²) in [6.45, 7) is 3.66.